The molecule has 1 aromatic rings. The van der Waals surface area contributed by atoms with Crippen molar-refractivity contribution in [1.29, 1.82) is 0 Å². The number of hydrogen-bond donors (Lipinski definition) is 1. The van der Waals surface area contributed by atoms with Gasteiger partial charge in [-0.15, -0.1) is 0 Å². The van der Waals surface area contributed by atoms with Gasteiger partial charge in [-0.3, -0.25) is 0 Å². The first-order valence-corrected chi connectivity index (χ1v) is 6.08. The predicted molar refractivity (Wildman–Crippen MR) is 61.8 cm³/mol. The predicted octanol–water partition coefficient (Wildman–Crippen LogP) is 2.67. The molecule has 0 radical (unpaired) electrons. The summed E-state index contributed by atoms with van der Waals surface area (Å²) < 4.78 is 2.34. The van der Waals surface area contributed by atoms with Crippen LogP contribution in [-0.4, -0.2) is 16.1 Å². The van der Waals surface area contributed by atoms with E-state index < -0.39 is 0 Å². The maximum absolute atomic E-state index is 4.29. The molecule has 2 rings (SSSR count). The lowest BCUT2D eigenvalue weighted by Gasteiger charge is -2.19. The van der Waals surface area contributed by atoms with Gasteiger partial charge >= 0.3 is 0 Å². The van der Waals surface area contributed by atoms with Crippen LogP contribution in [0.3, 0.4) is 0 Å². The zero-order valence-corrected chi connectivity index (χ0v) is 9.74. The Morgan fingerprint density at radius 3 is 3.20 bits per heavy atom. The van der Waals surface area contributed by atoms with Gasteiger partial charge in [-0.2, -0.15) is 0 Å². The molecule has 0 bridgehead atoms. The molecular formula is C12H21N3. The molecule has 0 aliphatic carbocycles. The van der Waals surface area contributed by atoms with Crippen LogP contribution in [0.2, 0.25) is 0 Å². The van der Waals surface area contributed by atoms with Crippen molar-refractivity contribution in [1.82, 2.24) is 14.9 Å². The maximum atomic E-state index is 4.29. The number of imidazole rings is 1. The molecule has 2 heterocycles. The first kappa shape index (κ1) is 10.7. The Morgan fingerprint density at radius 1 is 1.67 bits per heavy atom. The Labute approximate surface area is 91.9 Å². The van der Waals surface area contributed by atoms with Gasteiger partial charge in [0.15, 0.2) is 0 Å². The van der Waals surface area contributed by atoms with E-state index in [0.29, 0.717) is 12.1 Å². The number of nitrogens with one attached hydrogen (secondary N) is 1. The fraction of sp³-hybridized carbons (Fsp3) is 0.750. The van der Waals surface area contributed by atoms with Gasteiger partial charge in [-0.25, -0.2) is 4.98 Å². The van der Waals surface area contributed by atoms with Gasteiger partial charge in [0.2, 0.25) is 0 Å². The summed E-state index contributed by atoms with van der Waals surface area (Å²) >= 11 is 0. The van der Waals surface area contributed by atoms with Gasteiger partial charge in [0.1, 0.15) is 0 Å². The van der Waals surface area contributed by atoms with Gasteiger partial charge in [0, 0.05) is 18.3 Å². The first-order valence-electron chi connectivity index (χ1n) is 6.08. The summed E-state index contributed by atoms with van der Waals surface area (Å²) in [5.74, 6) is 0. The van der Waals surface area contributed by atoms with Crippen LogP contribution < -0.4 is 5.32 Å². The Kier molecular flexibility index (Phi) is 3.41. The summed E-state index contributed by atoms with van der Waals surface area (Å²) in [7, 11) is 0. The quantitative estimate of drug-likeness (QED) is 0.822. The van der Waals surface area contributed by atoms with E-state index in [-0.39, 0.29) is 0 Å². The highest BCUT2D eigenvalue weighted by Gasteiger charge is 2.21. The van der Waals surface area contributed by atoms with Crippen LogP contribution in [0.25, 0.3) is 0 Å². The second kappa shape index (κ2) is 4.79. The molecule has 1 aromatic heterocycles. The molecule has 1 N–H and O–H groups in total. The molecule has 1 fully saturated rings. The van der Waals surface area contributed by atoms with Crippen molar-refractivity contribution >= 4 is 0 Å². The molecule has 2 atom stereocenters. The molecule has 0 amide bonds. The third-order valence-electron chi connectivity index (χ3n) is 3.29. The molecule has 15 heavy (non-hydrogen) atoms. The van der Waals surface area contributed by atoms with E-state index in [0.717, 1.165) is 6.54 Å². The van der Waals surface area contributed by atoms with Gasteiger partial charge in [0.25, 0.3) is 0 Å². The molecule has 3 nitrogen and oxygen atoms in total. The normalized spacial score (nSPS) is 23.2. The zero-order chi connectivity index (χ0) is 10.7. The molecule has 0 aromatic carbocycles. The van der Waals surface area contributed by atoms with E-state index in [1.54, 1.807) is 0 Å². The van der Waals surface area contributed by atoms with Crippen molar-refractivity contribution in [3.63, 3.8) is 0 Å². The monoisotopic (exact) mass is 207 g/mol. The minimum Gasteiger partial charge on any atom is -0.330 e. The van der Waals surface area contributed by atoms with E-state index in [9.17, 15) is 0 Å². The first-order chi connectivity index (χ1) is 7.33. The smallest absolute Gasteiger partial charge is 0.0951 e. The van der Waals surface area contributed by atoms with Crippen LogP contribution >= 0.6 is 0 Å². The molecular weight excluding hydrogens is 186 g/mol. The zero-order valence-electron chi connectivity index (χ0n) is 9.74. The summed E-state index contributed by atoms with van der Waals surface area (Å²) in [6.45, 7) is 5.67. The van der Waals surface area contributed by atoms with Crippen molar-refractivity contribution in [2.24, 2.45) is 0 Å². The fourth-order valence-corrected chi connectivity index (χ4v) is 2.45. The summed E-state index contributed by atoms with van der Waals surface area (Å²) in [5, 5.41) is 3.54. The summed E-state index contributed by atoms with van der Waals surface area (Å²) in [6, 6.07) is 1.11. The largest absolute Gasteiger partial charge is 0.330 e. The Bertz CT molecular complexity index is 300. The average Bonchev–Trinajstić information content (AvgIpc) is 2.88. The molecule has 84 valence electrons. The summed E-state index contributed by atoms with van der Waals surface area (Å²) in [5.41, 5.74) is 1.37. The van der Waals surface area contributed by atoms with Crippen molar-refractivity contribution in [3.8, 4) is 0 Å². The minimum absolute atomic E-state index is 0.534. The van der Waals surface area contributed by atoms with E-state index in [1.165, 1.54) is 31.4 Å². The lowest BCUT2D eigenvalue weighted by Crippen LogP contribution is -2.18. The van der Waals surface area contributed by atoms with E-state index in [4.69, 9.17) is 0 Å². The third kappa shape index (κ3) is 2.23. The van der Waals surface area contributed by atoms with Gasteiger partial charge < -0.3 is 9.88 Å². The standard InChI is InChI=1S/C12H21N3/c1-3-5-10(2)15-9-13-8-12(15)11-6-4-7-14-11/h8-11,14H,3-7H2,1-2H3/t10?,11-/m0/s1. The average molecular weight is 207 g/mol. The highest BCUT2D eigenvalue weighted by molar-refractivity contribution is 5.08. The highest BCUT2D eigenvalue weighted by atomic mass is 15.1. The van der Waals surface area contributed by atoms with Crippen LogP contribution in [0.15, 0.2) is 12.5 Å². The Morgan fingerprint density at radius 2 is 2.53 bits per heavy atom. The molecule has 1 unspecified atom stereocenters. The van der Waals surface area contributed by atoms with Crippen LogP contribution in [0, 0.1) is 0 Å². The SMILES string of the molecule is CCCC(C)n1cncc1[C@@H]1CCCN1. The number of nitrogens with zero attached hydrogens (tertiary/aromatic N) is 2. The van der Waals surface area contributed by atoms with Gasteiger partial charge in [-0.1, -0.05) is 13.3 Å². The van der Waals surface area contributed by atoms with Gasteiger partial charge in [-0.05, 0) is 32.7 Å². The van der Waals surface area contributed by atoms with Crippen molar-refractivity contribution in [3.05, 3.63) is 18.2 Å². The van der Waals surface area contributed by atoms with E-state index in [2.05, 4.69) is 28.7 Å². The molecule has 1 saturated heterocycles. The van der Waals surface area contributed by atoms with Crippen LogP contribution in [0.4, 0.5) is 0 Å². The Hall–Kier alpha value is -0.830. The van der Waals surface area contributed by atoms with Gasteiger partial charge in [0.05, 0.1) is 12.0 Å². The van der Waals surface area contributed by atoms with E-state index in [1.807, 2.05) is 12.5 Å². The minimum atomic E-state index is 0.534. The van der Waals surface area contributed by atoms with Crippen LogP contribution in [0.1, 0.15) is 57.3 Å². The fourth-order valence-electron chi connectivity index (χ4n) is 2.45. The number of rotatable bonds is 4. The van der Waals surface area contributed by atoms with Crippen molar-refractivity contribution in [2.45, 2.75) is 51.6 Å². The second-order valence-electron chi connectivity index (χ2n) is 4.51. The van der Waals surface area contributed by atoms with Crippen molar-refractivity contribution in [2.75, 3.05) is 6.54 Å². The summed E-state index contributed by atoms with van der Waals surface area (Å²) in [4.78, 5) is 4.29. The molecule has 1 aliphatic rings. The maximum Gasteiger partial charge on any atom is 0.0951 e. The molecule has 0 spiro atoms. The lowest BCUT2D eigenvalue weighted by molar-refractivity contribution is 0.461. The number of aromatic nitrogens is 2. The van der Waals surface area contributed by atoms with Crippen LogP contribution in [-0.2, 0) is 0 Å². The Balaban J connectivity index is 2.13. The lowest BCUT2D eigenvalue weighted by atomic mass is 10.1. The molecule has 3 heteroatoms. The highest BCUT2D eigenvalue weighted by Crippen LogP contribution is 2.26. The van der Waals surface area contributed by atoms with E-state index >= 15 is 0 Å². The molecule has 1 aliphatic heterocycles. The van der Waals surface area contributed by atoms with Crippen LogP contribution in [0.5, 0.6) is 0 Å². The number of hydrogen-bond acceptors (Lipinski definition) is 2. The third-order valence-corrected chi connectivity index (χ3v) is 3.29. The second-order valence-corrected chi connectivity index (χ2v) is 4.51. The molecule has 0 saturated carbocycles. The van der Waals surface area contributed by atoms with Crippen molar-refractivity contribution < 1.29 is 0 Å². The topological polar surface area (TPSA) is 29.9 Å². The summed E-state index contributed by atoms with van der Waals surface area (Å²) in [6.07, 6.45) is 9.01.